The minimum atomic E-state index is -4.56. The topological polar surface area (TPSA) is 123 Å². The summed E-state index contributed by atoms with van der Waals surface area (Å²) in [5, 5.41) is 3.14. The van der Waals surface area contributed by atoms with E-state index in [0.29, 0.717) is 47.0 Å². The van der Waals surface area contributed by atoms with Gasteiger partial charge in [0.1, 0.15) is 12.0 Å². The van der Waals surface area contributed by atoms with Crippen molar-refractivity contribution in [3.63, 3.8) is 0 Å². The summed E-state index contributed by atoms with van der Waals surface area (Å²) in [6.07, 6.45) is -2.71. The summed E-state index contributed by atoms with van der Waals surface area (Å²) in [5.74, 6) is 0.717. The monoisotopic (exact) mass is 455 g/mol. The summed E-state index contributed by atoms with van der Waals surface area (Å²) in [6.45, 7) is 2.26. The van der Waals surface area contributed by atoms with E-state index in [2.05, 4.69) is 20.3 Å². The van der Waals surface area contributed by atoms with E-state index in [1.165, 1.54) is 18.5 Å². The molecule has 11 heteroatoms. The van der Waals surface area contributed by atoms with Gasteiger partial charge in [0.15, 0.2) is 11.6 Å². The van der Waals surface area contributed by atoms with Gasteiger partial charge in [-0.25, -0.2) is 19.8 Å². The predicted molar refractivity (Wildman–Crippen MR) is 120 cm³/mol. The molecule has 8 nitrogen and oxygen atoms in total. The van der Waals surface area contributed by atoms with Gasteiger partial charge in [-0.1, -0.05) is 18.2 Å². The van der Waals surface area contributed by atoms with E-state index in [-0.39, 0.29) is 11.5 Å². The Morgan fingerprint density at radius 3 is 2.67 bits per heavy atom. The van der Waals surface area contributed by atoms with Crippen LogP contribution in [0.5, 0.6) is 0 Å². The molecule has 0 saturated heterocycles. The Morgan fingerprint density at radius 1 is 1.15 bits per heavy atom. The maximum atomic E-state index is 13.2. The van der Waals surface area contributed by atoms with Gasteiger partial charge in [0, 0.05) is 13.0 Å². The zero-order chi connectivity index (χ0) is 23.8. The SMILES string of the molecule is Cc1ccc(C2=Nc3c(N)ncnc3NCC2)cc1N(C(N)=O)c1cccc(C(F)(F)F)c1. The second kappa shape index (κ2) is 8.41. The number of carbonyl (C=O) groups excluding carboxylic acids is 1. The van der Waals surface area contributed by atoms with Crippen LogP contribution in [-0.2, 0) is 6.18 Å². The number of nitrogens with one attached hydrogen (secondary N) is 1. The van der Waals surface area contributed by atoms with Crippen LogP contribution in [0.3, 0.4) is 0 Å². The van der Waals surface area contributed by atoms with Gasteiger partial charge < -0.3 is 16.8 Å². The van der Waals surface area contributed by atoms with Crippen molar-refractivity contribution in [2.75, 3.05) is 22.5 Å². The number of primary amides is 1. The van der Waals surface area contributed by atoms with Crippen molar-refractivity contribution in [3.05, 3.63) is 65.5 Å². The number of alkyl halides is 3. The first-order valence-corrected chi connectivity index (χ1v) is 9.95. The lowest BCUT2D eigenvalue weighted by atomic mass is 10.0. The average molecular weight is 455 g/mol. The van der Waals surface area contributed by atoms with E-state index in [9.17, 15) is 18.0 Å². The summed E-state index contributed by atoms with van der Waals surface area (Å²) >= 11 is 0. The van der Waals surface area contributed by atoms with Crippen molar-refractivity contribution < 1.29 is 18.0 Å². The number of nitrogen functional groups attached to an aromatic ring is 1. The highest BCUT2D eigenvalue weighted by molar-refractivity contribution is 6.06. The quantitative estimate of drug-likeness (QED) is 0.535. The fraction of sp³-hybridized carbons (Fsp3) is 0.182. The number of benzene rings is 2. The van der Waals surface area contributed by atoms with E-state index in [4.69, 9.17) is 11.5 Å². The van der Waals surface area contributed by atoms with Crippen molar-refractivity contribution in [2.24, 2.45) is 10.7 Å². The van der Waals surface area contributed by atoms with Crippen molar-refractivity contribution in [3.8, 4) is 0 Å². The lowest BCUT2D eigenvalue weighted by Crippen LogP contribution is -2.32. The van der Waals surface area contributed by atoms with Gasteiger partial charge in [-0.3, -0.25) is 4.90 Å². The molecule has 2 amide bonds. The number of hydrogen-bond acceptors (Lipinski definition) is 6. The minimum Gasteiger partial charge on any atom is -0.382 e. The molecule has 1 aromatic heterocycles. The minimum absolute atomic E-state index is 0.00466. The van der Waals surface area contributed by atoms with Crippen LogP contribution in [0.2, 0.25) is 0 Å². The van der Waals surface area contributed by atoms with Crippen molar-refractivity contribution in [2.45, 2.75) is 19.5 Å². The Hall–Kier alpha value is -4.15. The molecule has 33 heavy (non-hydrogen) atoms. The molecule has 1 aliphatic rings. The van der Waals surface area contributed by atoms with Crippen molar-refractivity contribution in [1.82, 2.24) is 9.97 Å². The molecule has 1 aliphatic heterocycles. The molecule has 4 rings (SSSR count). The van der Waals surface area contributed by atoms with Crippen LogP contribution in [0.15, 0.2) is 53.8 Å². The Kier molecular flexibility index (Phi) is 5.62. The molecule has 0 radical (unpaired) electrons. The summed E-state index contributed by atoms with van der Waals surface area (Å²) < 4.78 is 39.7. The Bertz CT molecular complexity index is 1260. The van der Waals surface area contributed by atoms with Crippen LogP contribution in [-0.4, -0.2) is 28.3 Å². The second-order valence-electron chi connectivity index (χ2n) is 7.41. The Balaban J connectivity index is 1.81. The molecule has 2 aromatic carbocycles. The maximum Gasteiger partial charge on any atom is 0.416 e. The predicted octanol–water partition coefficient (Wildman–Crippen LogP) is 4.54. The van der Waals surface area contributed by atoms with Crippen molar-refractivity contribution >= 4 is 40.4 Å². The highest BCUT2D eigenvalue weighted by Gasteiger charge is 2.31. The number of nitrogens with zero attached hydrogens (tertiary/aromatic N) is 4. The van der Waals surface area contributed by atoms with Crippen LogP contribution < -0.4 is 21.7 Å². The molecule has 5 N–H and O–H groups in total. The lowest BCUT2D eigenvalue weighted by Gasteiger charge is -2.24. The number of carbonyl (C=O) groups is 1. The first kappa shape index (κ1) is 22.1. The van der Waals surface area contributed by atoms with E-state index >= 15 is 0 Å². The van der Waals surface area contributed by atoms with Gasteiger partial charge in [0.2, 0.25) is 0 Å². The van der Waals surface area contributed by atoms with E-state index in [1.54, 1.807) is 19.1 Å². The number of anilines is 4. The fourth-order valence-corrected chi connectivity index (χ4v) is 3.57. The zero-order valence-electron chi connectivity index (χ0n) is 17.5. The van der Waals surface area contributed by atoms with Crippen LogP contribution in [0.25, 0.3) is 0 Å². The number of fused-ring (bicyclic) bond motifs is 1. The van der Waals surface area contributed by atoms with Gasteiger partial charge in [-0.15, -0.1) is 0 Å². The summed E-state index contributed by atoms with van der Waals surface area (Å²) in [6, 6.07) is 8.77. The summed E-state index contributed by atoms with van der Waals surface area (Å²) in [7, 11) is 0. The smallest absolute Gasteiger partial charge is 0.382 e. The van der Waals surface area contributed by atoms with Gasteiger partial charge >= 0.3 is 12.2 Å². The van der Waals surface area contributed by atoms with E-state index in [0.717, 1.165) is 17.0 Å². The normalized spacial score (nSPS) is 13.4. The van der Waals surface area contributed by atoms with Crippen LogP contribution in [0, 0.1) is 6.92 Å². The number of aromatic nitrogens is 2. The average Bonchev–Trinajstić information content (AvgIpc) is 2.98. The molecule has 0 aliphatic carbocycles. The third-order valence-corrected chi connectivity index (χ3v) is 5.19. The Morgan fingerprint density at radius 2 is 1.94 bits per heavy atom. The molecule has 0 fully saturated rings. The number of urea groups is 1. The molecule has 2 heterocycles. The van der Waals surface area contributed by atoms with Gasteiger partial charge in [-0.2, -0.15) is 13.2 Å². The van der Waals surface area contributed by atoms with Gasteiger partial charge in [0.25, 0.3) is 0 Å². The number of nitrogens with two attached hydrogens (primary N) is 2. The zero-order valence-corrected chi connectivity index (χ0v) is 17.5. The third-order valence-electron chi connectivity index (χ3n) is 5.19. The molecule has 170 valence electrons. The van der Waals surface area contributed by atoms with E-state index < -0.39 is 17.8 Å². The first-order chi connectivity index (χ1) is 15.6. The number of halogens is 3. The van der Waals surface area contributed by atoms with E-state index in [1.807, 2.05) is 6.07 Å². The highest BCUT2D eigenvalue weighted by Crippen LogP contribution is 2.36. The summed E-state index contributed by atoms with van der Waals surface area (Å²) in [4.78, 5) is 26.2. The molecule has 0 saturated carbocycles. The number of rotatable bonds is 3. The third kappa shape index (κ3) is 4.43. The van der Waals surface area contributed by atoms with Crippen molar-refractivity contribution in [1.29, 1.82) is 0 Å². The fourth-order valence-electron chi connectivity index (χ4n) is 3.57. The largest absolute Gasteiger partial charge is 0.416 e. The highest BCUT2D eigenvalue weighted by atomic mass is 19.4. The molecular weight excluding hydrogens is 435 g/mol. The van der Waals surface area contributed by atoms with Crippen LogP contribution in [0.1, 0.15) is 23.1 Å². The molecule has 0 bridgehead atoms. The first-order valence-electron chi connectivity index (χ1n) is 9.95. The second-order valence-corrected chi connectivity index (χ2v) is 7.41. The molecule has 3 aromatic rings. The molecule has 0 atom stereocenters. The number of hydrogen-bond donors (Lipinski definition) is 3. The number of amides is 2. The van der Waals surface area contributed by atoms with Gasteiger partial charge in [0.05, 0.1) is 22.6 Å². The Labute approximate surface area is 187 Å². The number of aryl methyl sites for hydroxylation is 1. The maximum absolute atomic E-state index is 13.2. The standard InChI is InChI=1S/C22H20F3N7O/c1-12-5-6-13(16-7-8-28-20-18(31-16)19(26)29-11-30-20)9-17(12)32(21(27)33)15-4-2-3-14(10-15)22(23,24)25/h2-6,9-11H,7-8H2,1H3,(H2,27,33)(H3,26,28,29,30). The van der Waals surface area contributed by atoms with Crippen LogP contribution >= 0.6 is 0 Å². The van der Waals surface area contributed by atoms with Gasteiger partial charge in [-0.05, 0) is 42.3 Å². The molecular formula is C22H20F3N7O. The molecule has 0 spiro atoms. The lowest BCUT2D eigenvalue weighted by molar-refractivity contribution is -0.137. The molecule has 0 unspecified atom stereocenters. The summed E-state index contributed by atoms with van der Waals surface area (Å²) in [5.41, 5.74) is 13.4. The van der Waals surface area contributed by atoms with Crippen LogP contribution in [0.4, 0.5) is 46.7 Å². The number of aliphatic imine (C=N–C) groups is 1.